The lowest BCUT2D eigenvalue weighted by atomic mass is 9.90. The van der Waals surface area contributed by atoms with Crippen molar-refractivity contribution >= 4 is 11.8 Å². The van der Waals surface area contributed by atoms with E-state index in [1.807, 2.05) is 48.5 Å². The molecule has 4 heteroatoms. The molecular weight excluding hydrogens is 326 g/mol. The van der Waals surface area contributed by atoms with Crippen molar-refractivity contribution in [1.29, 1.82) is 0 Å². The summed E-state index contributed by atoms with van der Waals surface area (Å²) in [5.74, 6) is 0.194. The van der Waals surface area contributed by atoms with Crippen LogP contribution >= 0.6 is 0 Å². The average molecular weight is 374 g/mol. The number of rotatable bonds is 4. The van der Waals surface area contributed by atoms with Gasteiger partial charge in [-0.2, -0.15) is 0 Å². The third-order valence-corrected chi connectivity index (χ3v) is 3.37. The second kappa shape index (κ2) is 13.3. The molecule has 0 N–H and O–H groups in total. The Balaban J connectivity index is -0.000000306. The highest BCUT2D eigenvalue weighted by Gasteiger charge is 2.18. The van der Waals surface area contributed by atoms with Crippen molar-refractivity contribution in [1.82, 2.24) is 4.90 Å². The Morgan fingerprint density at radius 3 is 1.35 bits per heavy atom. The fraction of sp³-hybridized carbons (Fsp3) is 0.909. The Bertz CT molecular complexity index is 380. The summed E-state index contributed by atoms with van der Waals surface area (Å²) in [6.07, 6.45) is 2.42. The maximum atomic E-state index is 10.8. The molecule has 0 aromatic rings. The Labute approximate surface area is 164 Å². The molecule has 0 aliphatic heterocycles. The summed E-state index contributed by atoms with van der Waals surface area (Å²) >= 11 is 0. The van der Waals surface area contributed by atoms with Gasteiger partial charge < -0.3 is 9.64 Å². The largest absolute Gasteiger partial charge is 0.469 e. The molecular formula is C22H47NO3. The number of hydrogen-bond acceptors (Lipinski definition) is 4. The Kier molecular flexibility index (Phi) is 15.3. The van der Waals surface area contributed by atoms with Gasteiger partial charge in [0.1, 0.15) is 5.78 Å². The van der Waals surface area contributed by atoms with Crippen LogP contribution < -0.4 is 0 Å². The summed E-state index contributed by atoms with van der Waals surface area (Å²) in [5.41, 5.74) is 0.409. The number of carbonyl (C=O) groups is 2. The van der Waals surface area contributed by atoms with Gasteiger partial charge in [-0.15, -0.1) is 0 Å². The summed E-state index contributed by atoms with van der Waals surface area (Å²) in [6, 6.07) is 0. The monoisotopic (exact) mass is 373 g/mol. The van der Waals surface area contributed by atoms with E-state index in [-0.39, 0.29) is 16.8 Å². The third-order valence-electron chi connectivity index (χ3n) is 3.37. The minimum absolute atomic E-state index is 0.0487. The van der Waals surface area contributed by atoms with E-state index in [1.165, 1.54) is 20.1 Å². The van der Waals surface area contributed by atoms with Crippen LogP contribution in [0.2, 0.25) is 0 Å². The van der Waals surface area contributed by atoms with Crippen LogP contribution in [0.15, 0.2) is 0 Å². The summed E-state index contributed by atoms with van der Waals surface area (Å²) < 4.78 is 4.49. The van der Waals surface area contributed by atoms with Crippen molar-refractivity contribution in [3.63, 3.8) is 0 Å². The van der Waals surface area contributed by atoms with Crippen LogP contribution in [-0.4, -0.2) is 44.4 Å². The van der Waals surface area contributed by atoms with E-state index in [1.54, 1.807) is 0 Å². The van der Waals surface area contributed by atoms with Crippen molar-refractivity contribution in [2.24, 2.45) is 16.2 Å². The molecule has 26 heavy (non-hydrogen) atoms. The number of esters is 1. The lowest BCUT2D eigenvalue weighted by molar-refractivity contribution is -0.142. The fourth-order valence-electron chi connectivity index (χ4n) is 1.59. The topological polar surface area (TPSA) is 46.6 Å². The van der Waals surface area contributed by atoms with Gasteiger partial charge in [0.25, 0.3) is 0 Å². The van der Waals surface area contributed by atoms with Crippen molar-refractivity contribution in [3.8, 4) is 0 Å². The molecule has 0 heterocycles. The van der Waals surface area contributed by atoms with Gasteiger partial charge in [0.2, 0.25) is 0 Å². The molecule has 4 nitrogen and oxygen atoms in total. The number of methoxy groups -OCH3 is 1. The number of ether oxygens (including phenoxy) is 1. The zero-order valence-electron chi connectivity index (χ0n) is 20.0. The maximum Gasteiger partial charge on any atom is 0.306 e. The van der Waals surface area contributed by atoms with Gasteiger partial charge in [0.15, 0.2) is 0 Å². The normalized spacial score (nSPS) is 11.8. The summed E-state index contributed by atoms with van der Waals surface area (Å²) in [4.78, 5) is 23.7. The molecule has 0 saturated heterocycles. The van der Waals surface area contributed by atoms with Crippen molar-refractivity contribution in [2.75, 3.05) is 27.7 Å². The first kappa shape index (κ1) is 29.8. The molecule has 0 fully saturated rings. The highest BCUT2D eigenvalue weighted by molar-refractivity contribution is 5.83. The van der Waals surface area contributed by atoms with Crippen LogP contribution in [0.4, 0.5) is 0 Å². The van der Waals surface area contributed by atoms with Crippen molar-refractivity contribution < 1.29 is 14.3 Å². The Morgan fingerprint density at radius 1 is 0.846 bits per heavy atom. The van der Waals surface area contributed by atoms with Gasteiger partial charge in [0, 0.05) is 11.8 Å². The second-order valence-electron chi connectivity index (χ2n) is 10.5. The number of nitrogens with zero attached hydrogens (tertiary/aromatic N) is 1. The molecule has 158 valence electrons. The maximum absolute atomic E-state index is 10.8. The van der Waals surface area contributed by atoms with Crippen LogP contribution in [-0.2, 0) is 14.3 Å². The van der Waals surface area contributed by atoms with Crippen LogP contribution in [0.1, 0.15) is 88.5 Å². The predicted molar refractivity (Wildman–Crippen MR) is 113 cm³/mol. The summed E-state index contributed by atoms with van der Waals surface area (Å²) in [5, 5.41) is 0. The highest BCUT2D eigenvalue weighted by Crippen LogP contribution is 2.18. The van der Waals surface area contributed by atoms with Crippen LogP contribution in [0.25, 0.3) is 0 Å². The standard InChI is InChI=1S/C8H19N.C7H14O2.C7H14O/c1-8(2,3)6-7-9(4)5;1-7(2,3)5-6(8)9-4;1-5-6(8)7(2,3)4/h6-7H2,1-5H3;5H2,1-4H3;5H2,1-4H3. The molecule has 0 bridgehead atoms. The van der Waals surface area contributed by atoms with E-state index in [4.69, 9.17) is 0 Å². The van der Waals surface area contributed by atoms with E-state index in [2.05, 4.69) is 44.5 Å². The second-order valence-corrected chi connectivity index (χ2v) is 10.5. The van der Waals surface area contributed by atoms with E-state index >= 15 is 0 Å². The molecule has 0 spiro atoms. The lowest BCUT2D eigenvalue weighted by Gasteiger charge is -2.20. The molecule has 0 unspecified atom stereocenters. The molecule has 0 aromatic carbocycles. The average Bonchev–Trinajstić information content (AvgIpc) is 2.42. The third kappa shape index (κ3) is 27.9. The summed E-state index contributed by atoms with van der Waals surface area (Å²) in [6.45, 7) is 21.8. The van der Waals surface area contributed by atoms with Gasteiger partial charge in [-0.25, -0.2) is 0 Å². The molecule has 0 atom stereocenters. The summed E-state index contributed by atoms with van der Waals surface area (Å²) in [7, 11) is 5.64. The zero-order chi connectivity index (χ0) is 21.8. The molecule has 0 aliphatic rings. The quantitative estimate of drug-likeness (QED) is 0.602. The highest BCUT2D eigenvalue weighted by atomic mass is 16.5. The van der Waals surface area contributed by atoms with Crippen LogP contribution in [0.5, 0.6) is 0 Å². The van der Waals surface area contributed by atoms with E-state index in [9.17, 15) is 9.59 Å². The smallest absolute Gasteiger partial charge is 0.306 e. The molecule has 0 rings (SSSR count). The first-order valence-corrected chi connectivity index (χ1v) is 9.60. The molecule has 0 saturated carbocycles. The minimum Gasteiger partial charge on any atom is -0.469 e. The van der Waals surface area contributed by atoms with Gasteiger partial charge in [-0.05, 0) is 37.9 Å². The number of hydrogen-bond donors (Lipinski definition) is 0. The van der Waals surface area contributed by atoms with E-state index in [0.29, 0.717) is 24.0 Å². The Morgan fingerprint density at radius 2 is 1.27 bits per heavy atom. The van der Waals surface area contributed by atoms with Crippen LogP contribution in [0.3, 0.4) is 0 Å². The first-order valence-electron chi connectivity index (χ1n) is 9.60. The van der Waals surface area contributed by atoms with Gasteiger partial charge in [-0.3, -0.25) is 9.59 Å². The fourth-order valence-corrected chi connectivity index (χ4v) is 1.59. The minimum atomic E-state index is -0.137. The van der Waals surface area contributed by atoms with Crippen molar-refractivity contribution in [2.45, 2.75) is 88.5 Å². The predicted octanol–water partition coefficient (Wildman–Crippen LogP) is 5.59. The zero-order valence-corrected chi connectivity index (χ0v) is 20.0. The number of carbonyl (C=O) groups excluding carboxylic acids is 2. The van der Waals surface area contributed by atoms with Crippen molar-refractivity contribution in [3.05, 3.63) is 0 Å². The lowest BCUT2D eigenvalue weighted by Crippen LogP contribution is -2.19. The van der Waals surface area contributed by atoms with E-state index in [0.717, 1.165) is 0 Å². The van der Waals surface area contributed by atoms with Gasteiger partial charge in [-0.1, -0.05) is 69.2 Å². The Hall–Kier alpha value is -0.900. The molecule has 0 radical (unpaired) electrons. The first-order chi connectivity index (χ1) is 11.4. The molecule has 0 aromatic heterocycles. The molecule has 0 aliphatic carbocycles. The van der Waals surface area contributed by atoms with Crippen LogP contribution in [0, 0.1) is 16.2 Å². The van der Waals surface area contributed by atoms with Gasteiger partial charge >= 0.3 is 5.97 Å². The molecule has 0 amide bonds. The SMILES string of the molecule is CCC(=O)C(C)(C)C.CN(C)CCC(C)(C)C.COC(=O)CC(C)(C)C. The van der Waals surface area contributed by atoms with Gasteiger partial charge in [0.05, 0.1) is 13.5 Å². The number of ketones is 1. The number of Topliss-reactive ketones (excluding diaryl/α,β-unsaturated/α-hetero) is 1. The van der Waals surface area contributed by atoms with E-state index < -0.39 is 0 Å².